The van der Waals surface area contributed by atoms with E-state index >= 15 is 0 Å². The molecule has 26 heavy (non-hydrogen) atoms. The van der Waals surface area contributed by atoms with Crippen molar-refractivity contribution >= 4 is 29.3 Å². The van der Waals surface area contributed by atoms with Crippen LogP contribution in [-0.4, -0.2) is 17.2 Å². The van der Waals surface area contributed by atoms with Crippen molar-refractivity contribution in [3.63, 3.8) is 0 Å². The van der Waals surface area contributed by atoms with Gasteiger partial charge in [-0.15, -0.1) is 0 Å². The predicted molar refractivity (Wildman–Crippen MR) is 106 cm³/mol. The van der Waals surface area contributed by atoms with Gasteiger partial charge < -0.3 is 10.4 Å². The molecule has 4 heteroatoms. The number of aliphatic imine (C=N–C) groups is 1. The lowest BCUT2D eigenvalue weighted by Gasteiger charge is -2.09. The first kappa shape index (κ1) is 17.2. The number of anilines is 1. The molecule has 0 fully saturated rings. The molecule has 0 aliphatic heterocycles. The number of hydrogen-bond acceptors (Lipinski definition) is 3. The van der Waals surface area contributed by atoms with Crippen LogP contribution in [0.15, 0.2) is 102 Å². The van der Waals surface area contributed by atoms with Gasteiger partial charge in [-0.1, -0.05) is 66.7 Å². The van der Waals surface area contributed by atoms with E-state index in [0.29, 0.717) is 16.9 Å². The first-order valence-corrected chi connectivity index (χ1v) is 8.18. The van der Waals surface area contributed by atoms with E-state index < -0.39 is 5.91 Å². The highest BCUT2D eigenvalue weighted by Gasteiger charge is 2.15. The lowest BCUT2D eigenvalue weighted by Crippen LogP contribution is -2.17. The Kier molecular flexibility index (Phi) is 5.58. The molecule has 0 saturated carbocycles. The van der Waals surface area contributed by atoms with Crippen molar-refractivity contribution in [2.24, 2.45) is 4.99 Å². The number of aliphatic hydroxyl groups excluding tert-OH is 1. The maximum absolute atomic E-state index is 12.7. The number of aliphatic hydroxyl groups is 1. The second-order valence-corrected chi connectivity index (χ2v) is 5.54. The Bertz CT molecular complexity index is 918. The van der Waals surface area contributed by atoms with E-state index in [1.807, 2.05) is 54.6 Å². The van der Waals surface area contributed by atoms with Crippen LogP contribution in [0.3, 0.4) is 0 Å². The van der Waals surface area contributed by atoms with Gasteiger partial charge in [0.2, 0.25) is 0 Å². The Morgan fingerprint density at radius 1 is 0.808 bits per heavy atom. The molecule has 2 N–H and O–H groups in total. The van der Waals surface area contributed by atoms with Gasteiger partial charge in [0, 0.05) is 17.5 Å². The Morgan fingerprint density at radius 2 is 1.35 bits per heavy atom. The fourth-order valence-electron chi connectivity index (χ4n) is 2.35. The summed E-state index contributed by atoms with van der Waals surface area (Å²) in [5.74, 6) is -0.559. The van der Waals surface area contributed by atoms with E-state index in [4.69, 9.17) is 0 Å². The molecule has 0 atom stereocenters. The molecule has 3 rings (SSSR count). The first-order chi connectivity index (χ1) is 12.7. The Hall–Kier alpha value is -3.66. The fraction of sp³-hybridized carbons (Fsp3) is 0. The summed E-state index contributed by atoms with van der Waals surface area (Å²) in [6.07, 6.45) is 1.38. The standard InChI is InChI=1S/C22H18N2O2/c25-21(17-10-4-1-5-11-17)20(16-23-18-12-6-2-7-13-18)22(26)24-19-14-8-3-9-15-19/h1-16,25H,(H,24,26)/b21-20+,23-16?. The van der Waals surface area contributed by atoms with Crippen LogP contribution in [0.1, 0.15) is 5.56 Å². The number of benzene rings is 3. The highest BCUT2D eigenvalue weighted by atomic mass is 16.3. The molecule has 3 aromatic carbocycles. The summed E-state index contributed by atoms with van der Waals surface area (Å²) in [7, 11) is 0. The SMILES string of the molecule is O=C(Nc1ccccc1)/C(C=Nc1ccccc1)=C(/O)c1ccccc1. The molecule has 0 bridgehead atoms. The van der Waals surface area contributed by atoms with Crippen LogP contribution in [-0.2, 0) is 4.79 Å². The number of para-hydroxylation sites is 2. The maximum Gasteiger partial charge on any atom is 0.261 e. The van der Waals surface area contributed by atoms with E-state index in [1.165, 1.54) is 6.21 Å². The molecule has 0 unspecified atom stereocenters. The van der Waals surface area contributed by atoms with Gasteiger partial charge in [-0.05, 0) is 24.3 Å². The third-order valence-corrected chi connectivity index (χ3v) is 3.68. The molecule has 128 valence electrons. The summed E-state index contributed by atoms with van der Waals surface area (Å²) in [4.78, 5) is 17.0. The summed E-state index contributed by atoms with van der Waals surface area (Å²) in [5.41, 5.74) is 1.97. The normalized spacial score (nSPS) is 11.8. The summed E-state index contributed by atoms with van der Waals surface area (Å²) in [6, 6.07) is 27.2. The Morgan fingerprint density at radius 3 is 1.96 bits per heavy atom. The zero-order valence-corrected chi connectivity index (χ0v) is 14.0. The average molecular weight is 342 g/mol. The van der Waals surface area contributed by atoms with Crippen molar-refractivity contribution in [1.82, 2.24) is 0 Å². The summed E-state index contributed by atoms with van der Waals surface area (Å²) in [6.45, 7) is 0. The number of carbonyl (C=O) groups excluding carboxylic acids is 1. The summed E-state index contributed by atoms with van der Waals surface area (Å²) in [5, 5.41) is 13.4. The molecule has 0 aromatic heterocycles. The average Bonchev–Trinajstić information content (AvgIpc) is 2.70. The molecular formula is C22H18N2O2. The minimum absolute atomic E-state index is 0.0870. The van der Waals surface area contributed by atoms with Crippen LogP contribution in [0.4, 0.5) is 11.4 Å². The number of amides is 1. The number of carbonyl (C=O) groups is 1. The van der Waals surface area contributed by atoms with Crippen LogP contribution in [0.2, 0.25) is 0 Å². The third kappa shape index (κ3) is 4.45. The highest BCUT2D eigenvalue weighted by molar-refractivity contribution is 6.22. The highest BCUT2D eigenvalue weighted by Crippen LogP contribution is 2.18. The largest absolute Gasteiger partial charge is 0.506 e. The zero-order chi connectivity index (χ0) is 18.2. The Balaban J connectivity index is 1.96. The number of nitrogens with zero attached hydrogens (tertiary/aromatic N) is 1. The zero-order valence-electron chi connectivity index (χ0n) is 14.0. The van der Waals surface area contributed by atoms with Crippen molar-refractivity contribution in [3.8, 4) is 0 Å². The van der Waals surface area contributed by atoms with E-state index in [0.717, 1.165) is 0 Å². The van der Waals surface area contributed by atoms with Crippen molar-refractivity contribution in [2.45, 2.75) is 0 Å². The maximum atomic E-state index is 12.7. The van der Waals surface area contributed by atoms with Gasteiger partial charge in [0.15, 0.2) is 0 Å². The smallest absolute Gasteiger partial charge is 0.261 e. The summed E-state index contributed by atoms with van der Waals surface area (Å²) < 4.78 is 0. The molecule has 1 amide bonds. The van der Waals surface area contributed by atoms with E-state index in [-0.39, 0.29) is 11.3 Å². The van der Waals surface area contributed by atoms with Crippen molar-refractivity contribution in [3.05, 3.63) is 102 Å². The lowest BCUT2D eigenvalue weighted by molar-refractivity contribution is -0.112. The minimum Gasteiger partial charge on any atom is -0.506 e. The number of hydrogen-bond donors (Lipinski definition) is 2. The number of nitrogens with one attached hydrogen (secondary N) is 1. The van der Waals surface area contributed by atoms with Gasteiger partial charge in [-0.2, -0.15) is 0 Å². The second-order valence-electron chi connectivity index (χ2n) is 5.54. The first-order valence-electron chi connectivity index (χ1n) is 8.18. The van der Waals surface area contributed by atoms with Gasteiger partial charge in [-0.3, -0.25) is 9.79 Å². The minimum atomic E-state index is -0.433. The van der Waals surface area contributed by atoms with Crippen LogP contribution in [0.5, 0.6) is 0 Å². The second kappa shape index (κ2) is 8.44. The van der Waals surface area contributed by atoms with E-state index in [1.54, 1.807) is 36.4 Å². The van der Waals surface area contributed by atoms with Crippen LogP contribution >= 0.6 is 0 Å². The molecule has 3 aromatic rings. The Labute approximate surface area is 152 Å². The molecule has 4 nitrogen and oxygen atoms in total. The van der Waals surface area contributed by atoms with Gasteiger partial charge in [0.25, 0.3) is 5.91 Å². The van der Waals surface area contributed by atoms with Gasteiger partial charge in [-0.25, -0.2) is 0 Å². The quantitative estimate of drug-likeness (QED) is 0.389. The van der Waals surface area contributed by atoms with Crippen molar-refractivity contribution < 1.29 is 9.90 Å². The number of rotatable bonds is 5. The molecule has 0 aliphatic carbocycles. The van der Waals surface area contributed by atoms with Crippen LogP contribution in [0.25, 0.3) is 5.76 Å². The predicted octanol–water partition coefficient (Wildman–Crippen LogP) is 5.00. The van der Waals surface area contributed by atoms with Crippen molar-refractivity contribution in [1.29, 1.82) is 0 Å². The molecular weight excluding hydrogens is 324 g/mol. The summed E-state index contributed by atoms with van der Waals surface area (Å²) >= 11 is 0. The molecule has 0 heterocycles. The molecule has 0 saturated heterocycles. The fourth-order valence-corrected chi connectivity index (χ4v) is 2.35. The molecule has 0 spiro atoms. The third-order valence-electron chi connectivity index (χ3n) is 3.68. The molecule has 0 radical (unpaired) electrons. The monoisotopic (exact) mass is 342 g/mol. The van der Waals surface area contributed by atoms with Gasteiger partial charge >= 0.3 is 0 Å². The van der Waals surface area contributed by atoms with E-state index in [9.17, 15) is 9.90 Å². The lowest BCUT2D eigenvalue weighted by atomic mass is 10.1. The van der Waals surface area contributed by atoms with E-state index in [2.05, 4.69) is 10.3 Å². The topological polar surface area (TPSA) is 61.7 Å². The van der Waals surface area contributed by atoms with Crippen molar-refractivity contribution in [2.75, 3.05) is 5.32 Å². The van der Waals surface area contributed by atoms with Gasteiger partial charge in [0.1, 0.15) is 11.3 Å². The van der Waals surface area contributed by atoms with Crippen LogP contribution < -0.4 is 5.32 Å². The molecule has 0 aliphatic rings. The van der Waals surface area contributed by atoms with Crippen LogP contribution in [0, 0.1) is 0 Å². The van der Waals surface area contributed by atoms with Gasteiger partial charge in [0.05, 0.1) is 5.69 Å².